The lowest BCUT2D eigenvalue weighted by Gasteiger charge is -2.43. The van der Waals surface area contributed by atoms with Crippen LogP contribution in [0.2, 0.25) is 5.04 Å². The zero-order valence-corrected chi connectivity index (χ0v) is 20.7. The summed E-state index contributed by atoms with van der Waals surface area (Å²) < 4.78 is 6.90. The van der Waals surface area contributed by atoms with Crippen LogP contribution in [0.1, 0.15) is 39.7 Å². The van der Waals surface area contributed by atoms with Crippen molar-refractivity contribution in [3.63, 3.8) is 0 Å². The van der Waals surface area contributed by atoms with Crippen molar-refractivity contribution in [3.8, 4) is 0 Å². The predicted octanol–water partition coefficient (Wildman–Crippen LogP) is 5.66. The third-order valence-corrected chi connectivity index (χ3v) is 11.2. The van der Waals surface area contributed by atoms with Gasteiger partial charge >= 0.3 is 0 Å². The number of hydrogen-bond donors (Lipinski definition) is 1. The van der Waals surface area contributed by atoms with Crippen LogP contribution >= 0.6 is 0 Å². The lowest BCUT2D eigenvalue weighted by atomic mass is 10.0. The first-order valence-electron chi connectivity index (χ1n) is 11.5. The van der Waals surface area contributed by atoms with Crippen LogP contribution in [-0.2, 0) is 4.43 Å². The van der Waals surface area contributed by atoms with Crippen molar-refractivity contribution < 1.29 is 9.53 Å². The first-order chi connectivity index (χ1) is 15.3. The SMILES string of the molecule is C[C@H](/C=C/c1ccccc1)[C@@H](O)CCO[Si](c1ccccc1)(c1ccccc1)C(C)(C)C. The van der Waals surface area contributed by atoms with E-state index >= 15 is 0 Å². The highest BCUT2D eigenvalue weighted by Crippen LogP contribution is 2.36. The van der Waals surface area contributed by atoms with Gasteiger partial charge in [0.25, 0.3) is 8.32 Å². The summed E-state index contributed by atoms with van der Waals surface area (Å²) in [5.41, 5.74) is 1.15. The van der Waals surface area contributed by atoms with Crippen molar-refractivity contribution in [2.75, 3.05) is 6.61 Å². The number of rotatable bonds is 9. The highest BCUT2D eigenvalue weighted by atomic mass is 28.4. The molecule has 0 fully saturated rings. The summed E-state index contributed by atoms with van der Waals surface area (Å²) in [6.07, 6.45) is 4.32. The standard InChI is InChI=1S/C29H36O2Si/c1-24(20-21-25-14-8-5-9-15-25)28(30)22-23-31-32(29(2,3)4,26-16-10-6-11-17-26)27-18-12-7-13-19-27/h5-21,24,28,30H,22-23H2,1-4H3/b21-20+/t24-,28+/m1/s1. The molecule has 2 nitrogen and oxygen atoms in total. The van der Waals surface area contributed by atoms with Crippen LogP contribution in [-0.4, -0.2) is 26.1 Å². The highest BCUT2D eigenvalue weighted by Gasteiger charge is 2.50. The van der Waals surface area contributed by atoms with Gasteiger partial charge < -0.3 is 9.53 Å². The van der Waals surface area contributed by atoms with Gasteiger partial charge in [-0.15, -0.1) is 0 Å². The Bertz CT molecular complexity index is 923. The summed E-state index contributed by atoms with van der Waals surface area (Å²) in [5, 5.41) is 13.3. The summed E-state index contributed by atoms with van der Waals surface area (Å²) in [5.74, 6) is 0.0537. The molecule has 3 aromatic carbocycles. The van der Waals surface area contributed by atoms with Gasteiger partial charge in [0, 0.05) is 12.5 Å². The van der Waals surface area contributed by atoms with E-state index in [1.807, 2.05) is 18.2 Å². The van der Waals surface area contributed by atoms with Crippen LogP contribution < -0.4 is 10.4 Å². The number of aliphatic hydroxyl groups is 1. The zero-order chi connectivity index (χ0) is 23.0. The quantitative estimate of drug-likeness (QED) is 0.431. The van der Waals surface area contributed by atoms with Crippen molar-refractivity contribution >= 4 is 24.8 Å². The topological polar surface area (TPSA) is 29.5 Å². The molecule has 3 aromatic rings. The molecule has 0 spiro atoms. The molecular weight excluding hydrogens is 408 g/mol. The van der Waals surface area contributed by atoms with Crippen LogP contribution in [0, 0.1) is 5.92 Å². The second kappa shape index (κ2) is 10.9. The highest BCUT2D eigenvalue weighted by molar-refractivity contribution is 6.99. The fraction of sp³-hybridized carbons (Fsp3) is 0.310. The zero-order valence-electron chi connectivity index (χ0n) is 19.7. The molecule has 32 heavy (non-hydrogen) atoms. The maximum Gasteiger partial charge on any atom is 0.261 e. The molecule has 0 aromatic heterocycles. The van der Waals surface area contributed by atoms with E-state index in [1.54, 1.807) is 0 Å². The molecule has 0 aliphatic heterocycles. The minimum absolute atomic E-state index is 0.0537. The van der Waals surface area contributed by atoms with Gasteiger partial charge in [-0.05, 0) is 27.4 Å². The fourth-order valence-corrected chi connectivity index (χ4v) is 8.89. The van der Waals surface area contributed by atoms with Gasteiger partial charge in [-0.2, -0.15) is 0 Å². The maximum absolute atomic E-state index is 10.8. The van der Waals surface area contributed by atoms with E-state index in [0.717, 1.165) is 5.56 Å². The molecule has 0 amide bonds. The van der Waals surface area contributed by atoms with Gasteiger partial charge in [0.1, 0.15) is 0 Å². The van der Waals surface area contributed by atoms with Gasteiger partial charge in [-0.1, -0.05) is 131 Å². The molecule has 168 valence electrons. The van der Waals surface area contributed by atoms with E-state index in [9.17, 15) is 5.11 Å². The van der Waals surface area contributed by atoms with E-state index < -0.39 is 14.4 Å². The number of benzene rings is 3. The van der Waals surface area contributed by atoms with Crippen LogP contribution in [0.15, 0.2) is 97.1 Å². The van der Waals surface area contributed by atoms with Crippen LogP contribution in [0.25, 0.3) is 6.08 Å². The normalized spacial score (nSPS) is 14.4. The Morgan fingerprint density at radius 2 is 1.28 bits per heavy atom. The Hall–Kier alpha value is -2.46. The average Bonchev–Trinajstić information content (AvgIpc) is 2.81. The largest absolute Gasteiger partial charge is 0.407 e. The summed E-state index contributed by atoms with van der Waals surface area (Å²) in [6.45, 7) is 9.42. The smallest absolute Gasteiger partial charge is 0.261 e. The molecule has 2 atom stereocenters. The minimum atomic E-state index is -2.55. The molecular formula is C29H36O2Si. The van der Waals surface area contributed by atoms with E-state index in [0.29, 0.717) is 13.0 Å². The van der Waals surface area contributed by atoms with Crippen molar-refractivity contribution in [1.82, 2.24) is 0 Å². The first-order valence-corrected chi connectivity index (χ1v) is 13.4. The van der Waals surface area contributed by atoms with Gasteiger partial charge in [-0.25, -0.2) is 0 Å². The number of hydrogen-bond acceptors (Lipinski definition) is 2. The molecule has 0 saturated heterocycles. The van der Waals surface area contributed by atoms with Crippen LogP contribution in [0.5, 0.6) is 0 Å². The van der Waals surface area contributed by atoms with E-state index in [4.69, 9.17) is 4.43 Å². The molecule has 0 bridgehead atoms. The molecule has 3 heteroatoms. The summed E-state index contributed by atoms with van der Waals surface area (Å²) in [7, 11) is -2.55. The van der Waals surface area contributed by atoms with Gasteiger partial charge in [0.05, 0.1) is 6.10 Å². The average molecular weight is 445 g/mol. The van der Waals surface area contributed by atoms with E-state index in [2.05, 4.69) is 113 Å². The lowest BCUT2D eigenvalue weighted by molar-refractivity contribution is 0.106. The van der Waals surface area contributed by atoms with E-state index in [-0.39, 0.29) is 11.0 Å². The van der Waals surface area contributed by atoms with Crippen LogP contribution in [0.4, 0.5) is 0 Å². The molecule has 0 unspecified atom stereocenters. The molecule has 3 rings (SSSR count). The van der Waals surface area contributed by atoms with Crippen molar-refractivity contribution in [1.29, 1.82) is 0 Å². The third-order valence-electron chi connectivity index (χ3n) is 6.15. The van der Waals surface area contributed by atoms with Crippen molar-refractivity contribution in [3.05, 3.63) is 103 Å². The molecule has 0 aliphatic carbocycles. The van der Waals surface area contributed by atoms with Gasteiger partial charge in [-0.3, -0.25) is 0 Å². The molecule has 1 N–H and O–H groups in total. The number of aliphatic hydroxyl groups excluding tert-OH is 1. The Morgan fingerprint density at radius 1 is 0.812 bits per heavy atom. The predicted molar refractivity (Wildman–Crippen MR) is 139 cm³/mol. The monoisotopic (exact) mass is 444 g/mol. The molecule has 0 heterocycles. The van der Waals surface area contributed by atoms with Crippen molar-refractivity contribution in [2.45, 2.75) is 45.3 Å². The second-order valence-corrected chi connectivity index (χ2v) is 13.8. The minimum Gasteiger partial charge on any atom is -0.407 e. The first kappa shape index (κ1) is 24.2. The Labute approximate surface area is 194 Å². The Kier molecular flexibility index (Phi) is 8.24. The summed E-state index contributed by atoms with van der Waals surface area (Å²) in [6, 6.07) is 31.5. The lowest BCUT2D eigenvalue weighted by Crippen LogP contribution is -2.66. The van der Waals surface area contributed by atoms with Gasteiger partial charge in [0.2, 0.25) is 0 Å². The molecule has 0 aliphatic rings. The van der Waals surface area contributed by atoms with Crippen molar-refractivity contribution in [2.24, 2.45) is 5.92 Å². The van der Waals surface area contributed by atoms with E-state index in [1.165, 1.54) is 10.4 Å². The van der Waals surface area contributed by atoms with Gasteiger partial charge in [0.15, 0.2) is 0 Å². The molecule has 0 saturated carbocycles. The fourth-order valence-electron chi connectivity index (χ4n) is 4.31. The summed E-state index contributed by atoms with van der Waals surface area (Å²) >= 11 is 0. The summed E-state index contributed by atoms with van der Waals surface area (Å²) in [4.78, 5) is 0. The second-order valence-electron chi connectivity index (χ2n) is 9.50. The Balaban J connectivity index is 1.78. The Morgan fingerprint density at radius 3 is 1.75 bits per heavy atom. The molecule has 0 radical (unpaired) electrons. The van der Waals surface area contributed by atoms with Crippen LogP contribution in [0.3, 0.4) is 0 Å². The third kappa shape index (κ3) is 5.66. The maximum atomic E-state index is 10.8.